The third kappa shape index (κ3) is 4.10. The van der Waals surface area contributed by atoms with Crippen molar-refractivity contribution >= 4 is 40.0 Å². The van der Waals surface area contributed by atoms with Crippen molar-refractivity contribution in [2.24, 2.45) is 0 Å². The highest BCUT2D eigenvalue weighted by atomic mass is 16.5. The van der Waals surface area contributed by atoms with Crippen molar-refractivity contribution < 1.29 is 14.3 Å². The van der Waals surface area contributed by atoms with Gasteiger partial charge in [0.1, 0.15) is 5.82 Å². The average molecular weight is 398 g/mol. The maximum atomic E-state index is 12.6. The topological polar surface area (TPSA) is 93.2 Å². The number of methoxy groups -OCH3 is 1. The van der Waals surface area contributed by atoms with Crippen LogP contribution in [0.25, 0.3) is 10.9 Å². The summed E-state index contributed by atoms with van der Waals surface area (Å²) in [7, 11) is 1.32. The fourth-order valence-corrected chi connectivity index (χ4v) is 2.99. The molecule has 0 aliphatic carbocycles. The fourth-order valence-electron chi connectivity index (χ4n) is 2.99. The molecule has 0 spiro atoms. The van der Waals surface area contributed by atoms with E-state index in [1.165, 1.54) is 7.11 Å². The number of rotatable bonds is 5. The van der Waals surface area contributed by atoms with Crippen molar-refractivity contribution in [2.45, 2.75) is 0 Å². The molecule has 0 saturated carbocycles. The molecule has 1 amide bonds. The Kier molecular flexibility index (Phi) is 5.34. The SMILES string of the molecule is COC(=O)c1ccc(NC(=O)c2ccnc(Nc3cccc4cccnc34)c2)cc1. The van der Waals surface area contributed by atoms with Crippen molar-refractivity contribution in [2.75, 3.05) is 17.7 Å². The van der Waals surface area contributed by atoms with E-state index in [9.17, 15) is 9.59 Å². The Bertz CT molecular complexity index is 1220. The number of fused-ring (bicyclic) bond motifs is 1. The Morgan fingerprint density at radius 2 is 1.67 bits per heavy atom. The standard InChI is InChI=1S/C23H18N4O3/c1-30-23(29)16-7-9-18(10-8-16)26-22(28)17-11-13-24-20(14-17)27-19-6-2-4-15-5-3-12-25-21(15)19/h2-14H,1H3,(H,24,27)(H,26,28). The van der Waals surface area contributed by atoms with Gasteiger partial charge in [0.2, 0.25) is 0 Å². The number of para-hydroxylation sites is 1. The van der Waals surface area contributed by atoms with Gasteiger partial charge < -0.3 is 15.4 Å². The predicted octanol–water partition coefficient (Wildman–Crippen LogP) is 4.41. The Balaban J connectivity index is 1.51. The minimum absolute atomic E-state index is 0.290. The highest BCUT2D eigenvalue weighted by molar-refractivity contribution is 6.05. The Hall–Kier alpha value is -4.26. The minimum atomic E-state index is -0.430. The zero-order valence-corrected chi connectivity index (χ0v) is 16.1. The number of hydrogen-bond donors (Lipinski definition) is 2. The summed E-state index contributed by atoms with van der Waals surface area (Å²) in [4.78, 5) is 32.9. The molecule has 4 rings (SSSR count). The molecule has 0 radical (unpaired) electrons. The normalized spacial score (nSPS) is 10.4. The van der Waals surface area contributed by atoms with Crippen LogP contribution in [0.15, 0.2) is 79.1 Å². The second-order valence-electron chi connectivity index (χ2n) is 6.46. The quantitative estimate of drug-likeness (QED) is 0.484. The van der Waals surface area contributed by atoms with E-state index in [-0.39, 0.29) is 5.91 Å². The third-order valence-electron chi connectivity index (χ3n) is 4.48. The zero-order chi connectivity index (χ0) is 20.9. The molecule has 0 aliphatic heterocycles. The first-order chi connectivity index (χ1) is 14.6. The van der Waals surface area contributed by atoms with Gasteiger partial charge in [0.25, 0.3) is 5.91 Å². The van der Waals surface area contributed by atoms with Gasteiger partial charge in [-0.2, -0.15) is 0 Å². The van der Waals surface area contributed by atoms with E-state index in [4.69, 9.17) is 0 Å². The maximum Gasteiger partial charge on any atom is 0.337 e. The van der Waals surface area contributed by atoms with E-state index in [2.05, 4.69) is 25.3 Å². The number of nitrogens with one attached hydrogen (secondary N) is 2. The number of carbonyl (C=O) groups excluding carboxylic acids is 2. The molecule has 0 aliphatic rings. The summed E-state index contributed by atoms with van der Waals surface area (Å²) in [5, 5.41) is 7.04. The summed E-state index contributed by atoms with van der Waals surface area (Å²) in [6, 6.07) is 19.5. The molecule has 0 atom stereocenters. The number of benzene rings is 2. The summed E-state index contributed by atoms with van der Waals surface area (Å²) < 4.78 is 4.67. The van der Waals surface area contributed by atoms with Crippen molar-refractivity contribution in [1.82, 2.24) is 9.97 Å². The molecule has 2 aromatic heterocycles. The van der Waals surface area contributed by atoms with Crippen LogP contribution in [-0.2, 0) is 4.74 Å². The lowest BCUT2D eigenvalue weighted by molar-refractivity contribution is 0.0600. The second kappa shape index (κ2) is 8.40. The number of carbonyl (C=O) groups is 2. The molecule has 2 aromatic carbocycles. The van der Waals surface area contributed by atoms with Gasteiger partial charge in [-0.15, -0.1) is 0 Å². The molecule has 0 fully saturated rings. The number of esters is 1. The monoisotopic (exact) mass is 398 g/mol. The van der Waals surface area contributed by atoms with Crippen LogP contribution < -0.4 is 10.6 Å². The number of ether oxygens (including phenoxy) is 1. The molecular weight excluding hydrogens is 380 g/mol. The summed E-state index contributed by atoms with van der Waals surface area (Å²) in [5.74, 6) is -0.190. The van der Waals surface area contributed by atoms with Crippen LogP contribution in [0.4, 0.5) is 17.2 Å². The van der Waals surface area contributed by atoms with E-state index >= 15 is 0 Å². The van der Waals surface area contributed by atoms with Gasteiger partial charge in [0.05, 0.1) is 23.9 Å². The van der Waals surface area contributed by atoms with Crippen LogP contribution in [0.2, 0.25) is 0 Å². The van der Waals surface area contributed by atoms with Gasteiger partial charge in [-0.25, -0.2) is 9.78 Å². The van der Waals surface area contributed by atoms with E-state index < -0.39 is 5.97 Å². The molecule has 7 nitrogen and oxygen atoms in total. The number of pyridine rings is 2. The van der Waals surface area contributed by atoms with E-state index in [0.717, 1.165) is 16.6 Å². The van der Waals surface area contributed by atoms with E-state index in [0.29, 0.717) is 22.6 Å². The predicted molar refractivity (Wildman–Crippen MR) is 115 cm³/mol. The largest absolute Gasteiger partial charge is 0.465 e. The van der Waals surface area contributed by atoms with Gasteiger partial charge >= 0.3 is 5.97 Å². The van der Waals surface area contributed by atoms with Crippen LogP contribution in [-0.4, -0.2) is 29.0 Å². The number of anilines is 3. The first kappa shape index (κ1) is 19.1. The molecule has 148 valence electrons. The molecule has 2 heterocycles. The van der Waals surface area contributed by atoms with Crippen molar-refractivity contribution in [3.63, 3.8) is 0 Å². The third-order valence-corrected chi connectivity index (χ3v) is 4.48. The molecule has 0 bridgehead atoms. The first-order valence-electron chi connectivity index (χ1n) is 9.20. The van der Waals surface area contributed by atoms with Crippen LogP contribution in [0.1, 0.15) is 20.7 Å². The van der Waals surface area contributed by atoms with Crippen molar-refractivity contribution in [3.05, 3.63) is 90.3 Å². The van der Waals surface area contributed by atoms with Crippen molar-refractivity contribution in [1.29, 1.82) is 0 Å². The summed E-state index contributed by atoms with van der Waals surface area (Å²) in [5.41, 5.74) is 3.04. The summed E-state index contributed by atoms with van der Waals surface area (Å²) in [6.07, 6.45) is 3.30. The summed E-state index contributed by atoms with van der Waals surface area (Å²) in [6.45, 7) is 0. The maximum absolute atomic E-state index is 12.6. The van der Waals surface area contributed by atoms with Gasteiger partial charge in [-0.05, 0) is 48.5 Å². The first-order valence-corrected chi connectivity index (χ1v) is 9.20. The van der Waals surface area contributed by atoms with Gasteiger partial charge in [0, 0.05) is 29.0 Å². The molecular formula is C23H18N4O3. The molecule has 4 aromatic rings. The lowest BCUT2D eigenvalue weighted by atomic mass is 10.2. The van der Waals surface area contributed by atoms with Crippen LogP contribution in [0.5, 0.6) is 0 Å². The molecule has 0 saturated heterocycles. The zero-order valence-electron chi connectivity index (χ0n) is 16.1. The Labute approximate surface area is 172 Å². The Morgan fingerprint density at radius 1 is 0.867 bits per heavy atom. The minimum Gasteiger partial charge on any atom is -0.465 e. The second-order valence-corrected chi connectivity index (χ2v) is 6.46. The van der Waals surface area contributed by atoms with Crippen molar-refractivity contribution in [3.8, 4) is 0 Å². The number of amides is 1. The number of nitrogens with zero attached hydrogens (tertiary/aromatic N) is 2. The van der Waals surface area contributed by atoms with Crippen LogP contribution in [0, 0.1) is 0 Å². The lowest BCUT2D eigenvalue weighted by Crippen LogP contribution is -2.12. The summed E-state index contributed by atoms with van der Waals surface area (Å²) >= 11 is 0. The number of hydrogen-bond acceptors (Lipinski definition) is 6. The molecule has 30 heavy (non-hydrogen) atoms. The molecule has 2 N–H and O–H groups in total. The lowest BCUT2D eigenvalue weighted by Gasteiger charge is -2.10. The van der Waals surface area contributed by atoms with E-state index in [1.807, 2.05) is 30.3 Å². The van der Waals surface area contributed by atoms with Crippen LogP contribution in [0.3, 0.4) is 0 Å². The molecule has 7 heteroatoms. The van der Waals surface area contributed by atoms with Gasteiger partial charge in [-0.1, -0.05) is 18.2 Å². The molecule has 0 unspecified atom stereocenters. The van der Waals surface area contributed by atoms with Crippen LogP contribution >= 0.6 is 0 Å². The van der Waals surface area contributed by atoms with E-state index in [1.54, 1.807) is 48.8 Å². The smallest absolute Gasteiger partial charge is 0.337 e. The number of aromatic nitrogens is 2. The Morgan fingerprint density at radius 3 is 2.47 bits per heavy atom. The highest BCUT2D eigenvalue weighted by Crippen LogP contribution is 2.24. The van der Waals surface area contributed by atoms with Gasteiger partial charge in [-0.3, -0.25) is 9.78 Å². The average Bonchev–Trinajstić information content (AvgIpc) is 2.79. The fraction of sp³-hybridized carbons (Fsp3) is 0.0435. The highest BCUT2D eigenvalue weighted by Gasteiger charge is 2.10. The van der Waals surface area contributed by atoms with Gasteiger partial charge in [0.15, 0.2) is 0 Å².